The molecule has 0 aliphatic rings. The molecular formula is C30H18BrNS. The highest BCUT2D eigenvalue weighted by molar-refractivity contribution is 9.10. The first-order valence-corrected chi connectivity index (χ1v) is 12.2. The summed E-state index contributed by atoms with van der Waals surface area (Å²) in [5.74, 6) is 0. The zero-order chi connectivity index (χ0) is 26.3. The van der Waals surface area contributed by atoms with Crippen LogP contribution in [0.25, 0.3) is 58.8 Å². The van der Waals surface area contributed by atoms with Crippen LogP contribution in [0.5, 0.6) is 0 Å². The quantitative estimate of drug-likeness (QED) is 0.219. The van der Waals surface area contributed by atoms with E-state index in [0.29, 0.717) is 5.56 Å². The summed E-state index contributed by atoms with van der Waals surface area (Å²) in [5, 5.41) is 4.33. The number of benzene rings is 5. The Bertz CT molecular complexity index is 2070. The van der Waals surface area contributed by atoms with Gasteiger partial charge in [-0.15, -0.1) is 11.3 Å². The van der Waals surface area contributed by atoms with Gasteiger partial charge in [-0.3, -0.25) is 0 Å². The largest absolute Gasteiger partial charge is 0.309 e. The average Bonchev–Trinajstić information content (AvgIpc) is 3.48. The first kappa shape index (κ1) is 14.7. The van der Waals surface area contributed by atoms with Gasteiger partial charge < -0.3 is 4.57 Å². The molecule has 0 amide bonds. The van der Waals surface area contributed by atoms with Crippen LogP contribution in [0.4, 0.5) is 0 Å². The summed E-state index contributed by atoms with van der Waals surface area (Å²) >= 11 is 5.59. The van der Waals surface area contributed by atoms with E-state index in [1.807, 2.05) is 36.4 Å². The van der Waals surface area contributed by atoms with Crippen molar-refractivity contribution in [3.8, 4) is 16.8 Å². The minimum Gasteiger partial charge on any atom is -0.309 e. The van der Waals surface area contributed by atoms with Gasteiger partial charge in [0.2, 0.25) is 0 Å². The maximum atomic E-state index is 8.51. The molecule has 0 spiro atoms. The maximum Gasteiger partial charge on any atom is 0.0635 e. The van der Waals surface area contributed by atoms with Crippen molar-refractivity contribution in [2.75, 3.05) is 0 Å². The third kappa shape index (κ3) is 2.83. The van der Waals surface area contributed by atoms with E-state index in [4.69, 9.17) is 6.85 Å². The Morgan fingerprint density at radius 3 is 2.36 bits per heavy atom. The molecule has 5 aromatic carbocycles. The summed E-state index contributed by atoms with van der Waals surface area (Å²) in [6.45, 7) is 0. The van der Waals surface area contributed by atoms with Crippen LogP contribution in [0.3, 0.4) is 0 Å². The molecule has 2 heterocycles. The smallest absolute Gasteiger partial charge is 0.0635 e. The zero-order valence-electron chi connectivity index (χ0n) is 22.2. The minimum atomic E-state index is -0.388. The second kappa shape index (κ2) is 7.31. The number of fused-ring (bicyclic) bond motifs is 7. The van der Waals surface area contributed by atoms with Gasteiger partial charge in [-0.1, -0.05) is 72.7 Å². The molecule has 0 aliphatic heterocycles. The van der Waals surface area contributed by atoms with Gasteiger partial charge in [0, 0.05) is 36.4 Å². The molecule has 0 radical (unpaired) electrons. The molecular weight excluding hydrogens is 486 g/mol. The van der Waals surface area contributed by atoms with Crippen LogP contribution in [-0.4, -0.2) is 4.57 Å². The monoisotopic (exact) mass is 508 g/mol. The highest BCUT2D eigenvalue weighted by Gasteiger charge is 2.20. The number of halogens is 1. The molecule has 7 aromatic rings. The van der Waals surface area contributed by atoms with Gasteiger partial charge in [0.1, 0.15) is 0 Å². The van der Waals surface area contributed by atoms with Gasteiger partial charge >= 0.3 is 0 Å². The van der Waals surface area contributed by atoms with Gasteiger partial charge in [0.05, 0.1) is 22.6 Å². The maximum absolute atomic E-state index is 8.51. The molecule has 7 rings (SSSR count). The molecule has 1 nitrogen and oxygen atoms in total. The van der Waals surface area contributed by atoms with Gasteiger partial charge in [-0.2, -0.15) is 0 Å². The van der Waals surface area contributed by atoms with Crippen LogP contribution in [-0.2, 0) is 0 Å². The Labute approximate surface area is 210 Å². The van der Waals surface area contributed by atoms with E-state index < -0.39 is 0 Å². The number of nitrogens with zero attached hydrogens (tertiary/aromatic N) is 1. The van der Waals surface area contributed by atoms with E-state index in [2.05, 4.69) is 63.0 Å². The first-order chi connectivity index (χ1) is 18.4. The lowest BCUT2D eigenvalue weighted by molar-refractivity contribution is 1.19. The van der Waals surface area contributed by atoms with Crippen molar-refractivity contribution in [2.45, 2.75) is 0 Å². The number of hydrogen-bond donors (Lipinski definition) is 0. The van der Waals surface area contributed by atoms with Crippen LogP contribution in [0.15, 0.2) is 114 Å². The van der Waals surface area contributed by atoms with Crippen LogP contribution in [0.1, 0.15) is 6.85 Å². The standard InChI is InChI=1S/C30H18BrNS/c31-25-18-24-23-17-20(19-9-3-1-4-10-19)15-16-26(23)32(21-11-5-2-6-12-21)29(24)28-22-13-7-8-14-27(22)33-30(25)28/h1-18H/i1D,3D,4D,9D,10D. The Morgan fingerprint density at radius 2 is 1.52 bits per heavy atom. The topological polar surface area (TPSA) is 4.93 Å². The molecule has 0 atom stereocenters. The molecule has 3 heteroatoms. The minimum absolute atomic E-state index is 0.199. The highest BCUT2D eigenvalue weighted by atomic mass is 79.9. The Morgan fingerprint density at radius 1 is 0.727 bits per heavy atom. The number of thiophene rings is 1. The summed E-state index contributed by atoms with van der Waals surface area (Å²) < 4.78 is 47.0. The zero-order valence-corrected chi connectivity index (χ0v) is 19.6. The summed E-state index contributed by atoms with van der Waals surface area (Å²) in [4.78, 5) is 0. The second-order valence-corrected chi connectivity index (χ2v) is 9.87. The molecule has 0 fully saturated rings. The fourth-order valence-electron chi connectivity index (χ4n) is 4.74. The number of rotatable bonds is 2. The lowest BCUT2D eigenvalue weighted by atomic mass is 10.0. The summed E-state index contributed by atoms with van der Waals surface area (Å²) in [6, 6.07) is 25.1. The lowest BCUT2D eigenvalue weighted by Gasteiger charge is -2.09. The molecule has 0 bridgehead atoms. The Kier molecular flexibility index (Phi) is 3.25. The molecule has 0 aliphatic carbocycles. The Hall–Kier alpha value is -3.40. The van der Waals surface area contributed by atoms with Gasteiger partial charge in [-0.25, -0.2) is 0 Å². The van der Waals surface area contributed by atoms with Gasteiger partial charge in [0.25, 0.3) is 0 Å². The third-order valence-corrected chi connectivity index (χ3v) is 8.22. The molecule has 156 valence electrons. The Balaban J connectivity index is 1.68. The predicted molar refractivity (Wildman–Crippen MR) is 147 cm³/mol. The number of para-hydroxylation sites is 1. The van der Waals surface area contributed by atoms with Gasteiger partial charge in [-0.05, 0) is 63.5 Å². The average molecular weight is 509 g/mol. The molecule has 0 saturated heterocycles. The van der Waals surface area contributed by atoms with E-state index >= 15 is 0 Å². The van der Waals surface area contributed by atoms with Crippen molar-refractivity contribution in [3.05, 3.63) is 114 Å². The van der Waals surface area contributed by atoms with E-state index in [0.717, 1.165) is 32.0 Å². The molecule has 0 unspecified atom stereocenters. The number of aromatic nitrogens is 1. The van der Waals surface area contributed by atoms with Crippen LogP contribution >= 0.6 is 27.3 Å². The van der Waals surface area contributed by atoms with Crippen LogP contribution in [0.2, 0.25) is 0 Å². The van der Waals surface area contributed by atoms with Crippen molar-refractivity contribution in [2.24, 2.45) is 0 Å². The second-order valence-electron chi connectivity index (χ2n) is 7.96. The fourth-order valence-corrected chi connectivity index (χ4v) is 6.53. The van der Waals surface area contributed by atoms with Gasteiger partial charge in [0.15, 0.2) is 0 Å². The molecule has 0 saturated carbocycles. The number of hydrogen-bond acceptors (Lipinski definition) is 1. The fraction of sp³-hybridized carbons (Fsp3) is 0. The van der Waals surface area contributed by atoms with Crippen molar-refractivity contribution < 1.29 is 6.85 Å². The van der Waals surface area contributed by atoms with Crippen LogP contribution in [0, 0.1) is 0 Å². The van der Waals surface area contributed by atoms with E-state index in [1.54, 1.807) is 11.3 Å². The lowest BCUT2D eigenvalue weighted by Crippen LogP contribution is -1.93. The van der Waals surface area contributed by atoms with E-state index in [9.17, 15) is 0 Å². The van der Waals surface area contributed by atoms with Crippen molar-refractivity contribution >= 4 is 69.2 Å². The molecule has 2 aromatic heterocycles. The van der Waals surface area contributed by atoms with Crippen molar-refractivity contribution in [3.63, 3.8) is 0 Å². The van der Waals surface area contributed by atoms with E-state index in [1.165, 1.54) is 20.2 Å². The van der Waals surface area contributed by atoms with Crippen molar-refractivity contribution in [1.82, 2.24) is 4.57 Å². The first-order valence-electron chi connectivity index (χ1n) is 13.1. The predicted octanol–water partition coefficient (Wildman–Crippen LogP) is 9.58. The SMILES string of the molecule is [2H]c1c([2H])c([2H])c(-c2ccc3c(c2)c2cc(Br)c4sc5ccccc5c4c2n3-c2ccccc2)c([2H])c1[2H]. The molecule has 33 heavy (non-hydrogen) atoms. The third-order valence-electron chi connectivity index (χ3n) is 6.13. The summed E-state index contributed by atoms with van der Waals surface area (Å²) in [7, 11) is 0. The summed E-state index contributed by atoms with van der Waals surface area (Å²) in [6.07, 6.45) is 0. The highest BCUT2D eigenvalue weighted by Crippen LogP contribution is 2.46. The van der Waals surface area contributed by atoms with E-state index in [-0.39, 0.29) is 35.8 Å². The normalized spacial score (nSPS) is 13.9. The summed E-state index contributed by atoms with van der Waals surface area (Å²) in [5.41, 5.74) is 3.90. The van der Waals surface area contributed by atoms with Crippen molar-refractivity contribution in [1.29, 1.82) is 0 Å². The molecule has 0 N–H and O–H groups in total. The van der Waals surface area contributed by atoms with Crippen LogP contribution < -0.4 is 0 Å².